The Bertz CT molecular complexity index is 1460. The Hall–Kier alpha value is -3.40. The van der Waals surface area contributed by atoms with Crippen LogP contribution in [0.2, 0.25) is 0 Å². The SMILES string of the molecule is CC1(C)OB(c2c3ccccc3c(-c3ccc(-c4ccccc4)cc3)c3ccccc23)OC1(C)C. The molecule has 5 aromatic rings. The van der Waals surface area contributed by atoms with E-state index in [-0.39, 0.29) is 0 Å². The summed E-state index contributed by atoms with van der Waals surface area (Å²) >= 11 is 0. The molecule has 35 heavy (non-hydrogen) atoms. The highest BCUT2D eigenvalue weighted by Crippen LogP contribution is 2.41. The molecule has 172 valence electrons. The molecule has 0 aliphatic carbocycles. The van der Waals surface area contributed by atoms with E-state index in [9.17, 15) is 0 Å². The highest BCUT2D eigenvalue weighted by molar-refractivity contribution is 6.68. The maximum absolute atomic E-state index is 6.55. The molecule has 1 aliphatic rings. The lowest BCUT2D eigenvalue weighted by Crippen LogP contribution is -2.41. The largest absolute Gasteiger partial charge is 0.496 e. The molecule has 1 heterocycles. The molecule has 0 atom stereocenters. The average molecular weight is 456 g/mol. The third-order valence-electron chi connectivity index (χ3n) is 7.74. The molecule has 0 bridgehead atoms. The van der Waals surface area contributed by atoms with E-state index >= 15 is 0 Å². The smallest absolute Gasteiger partial charge is 0.399 e. The van der Waals surface area contributed by atoms with Crippen molar-refractivity contribution in [3.8, 4) is 22.3 Å². The van der Waals surface area contributed by atoms with Crippen LogP contribution in [0, 0.1) is 0 Å². The summed E-state index contributed by atoms with van der Waals surface area (Å²) in [5.41, 5.74) is 5.22. The fourth-order valence-electron chi connectivity index (χ4n) is 5.15. The number of fused-ring (bicyclic) bond motifs is 2. The third-order valence-corrected chi connectivity index (χ3v) is 7.74. The van der Waals surface area contributed by atoms with Gasteiger partial charge in [0, 0.05) is 0 Å². The molecule has 0 N–H and O–H groups in total. The summed E-state index contributed by atoms with van der Waals surface area (Å²) in [7, 11) is -0.427. The first-order valence-corrected chi connectivity index (χ1v) is 12.3. The molecule has 0 saturated carbocycles. The van der Waals surface area contributed by atoms with Crippen molar-refractivity contribution in [3.63, 3.8) is 0 Å². The predicted molar refractivity (Wildman–Crippen MR) is 148 cm³/mol. The molecule has 1 fully saturated rings. The van der Waals surface area contributed by atoms with Gasteiger partial charge in [0.05, 0.1) is 11.2 Å². The molecular weight excluding hydrogens is 427 g/mol. The fourth-order valence-corrected chi connectivity index (χ4v) is 5.15. The second-order valence-corrected chi connectivity index (χ2v) is 10.4. The van der Waals surface area contributed by atoms with Gasteiger partial charge in [-0.1, -0.05) is 103 Å². The maximum atomic E-state index is 6.55. The molecular formula is C32H29BO2. The van der Waals surface area contributed by atoms with Gasteiger partial charge in [-0.05, 0) is 77.0 Å². The van der Waals surface area contributed by atoms with Crippen molar-refractivity contribution < 1.29 is 9.31 Å². The van der Waals surface area contributed by atoms with Gasteiger partial charge in [0.15, 0.2) is 0 Å². The Morgan fingerprint density at radius 2 is 0.857 bits per heavy atom. The Kier molecular flexibility index (Phi) is 5.10. The van der Waals surface area contributed by atoms with E-state index in [1.165, 1.54) is 43.8 Å². The fraction of sp³-hybridized carbons (Fsp3) is 0.188. The minimum Gasteiger partial charge on any atom is -0.399 e. The lowest BCUT2D eigenvalue weighted by atomic mass is 9.71. The normalized spacial score (nSPS) is 16.7. The molecule has 3 heteroatoms. The van der Waals surface area contributed by atoms with E-state index in [0.29, 0.717) is 0 Å². The summed E-state index contributed by atoms with van der Waals surface area (Å²) in [5.74, 6) is 0. The Morgan fingerprint density at radius 3 is 1.37 bits per heavy atom. The van der Waals surface area contributed by atoms with Gasteiger partial charge in [-0.15, -0.1) is 0 Å². The van der Waals surface area contributed by atoms with Gasteiger partial charge in [0.1, 0.15) is 0 Å². The van der Waals surface area contributed by atoms with Gasteiger partial charge in [-0.3, -0.25) is 0 Å². The second-order valence-electron chi connectivity index (χ2n) is 10.4. The average Bonchev–Trinajstić information content (AvgIpc) is 3.09. The first-order valence-electron chi connectivity index (χ1n) is 12.3. The first-order chi connectivity index (χ1) is 16.9. The Labute approximate surface area is 207 Å². The summed E-state index contributed by atoms with van der Waals surface area (Å²) < 4.78 is 13.1. The van der Waals surface area contributed by atoms with Crippen LogP contribution in [0.25, 0.3) is 43.8 Å². The van der Waals surface area contributed by atoms with Crippen LogP contribution < -0.4 is 5.46 Å². The van der Waals surface area contributed by atoms with Crippen LogP contribution in [0.1, 0.15) is 27.7 Å². The second kappa shape index (κ2) is 8.08. The molecule has 0 spiro atoms. The van der Waals surface area contributed by atoms with Crippen LogP contribution in [-0.4, -0.2) is 18.3 Å². The van der Waals surface area contributed by atoms with Gasteiger partial charge in [0.25, 0.3) is 0 Å². The molecule has 0 radical (unpaired) electrons. The van der Waals surface area contributed by atoms with Crippen LogP contribution in [-0.2, 0) is 9.31 Å². The van der Waals surface area contributed by atoms with Crippen molar-refractivity contribution in [1.29, 1.82) is 0 Å². The van der Waals surface area contributed by atoms with Crippen molar-refractivity contribution >= 4 is 34.1 Å². The van der Waals surface area contributed by atoms with E-state index in [4.69, 9.17) is 9.31 Å². The monoisotopic (exact) mass is 456 g/mol. The summed E-state index contributed by atoms with van der Waals surface area (Å²) in [6.07, 6.45) is 0. The minimum absolute atomic E-state index is 0.397. The van der Waals surface area contributed by atoms with Gasteiger partial charge >= 0.3 is 7.12 Å². The van der Waals surface area contributed by atoms with Crippen LogP contribution in [0.3, 0.4) is 0 Å². The van der Waals surface area contributed by atoms with Gasteiger partial charge < -0.3 is 9.31 Å². The maximum Gasteiger partial charge on any atom is 0.496 e. The predicted octanol–water partition coefficient (Wildman–Crippen LogP) is 7.63. The van der Waals surface area contributed by atoms with Crippen molar-refractivity contribution in [2.24, 2.45) is 0 Å². The summed E-state index contributed by atoms with van der Waals surface area (Å²) in [4.78, 5) is 0. The highest BCUT2D eigenvalue weighted by Gasteiger charge is 2.52. The summed E-state index contributed by atoms with van der Waals surface area (Å²) in [6.45, 7) is 8.44. The number of benzene rings is 5. The van der Waals surface area contributed by atoms with Crippen LogP contribution in [0.15, 0.2) is 103 Å². The standard InChI is InChI=1S/C32H29BO2/c1-31(2)32(3,4)35-33(34-31)30-27-16-10-8-14-25(27)29(26-15-9-11-17-28(26)30)24-20-18-23(19-21-24)22-12-6-5-7-13-22/h5-21H,1-4H3. The Balaban J connectivity index is 1.58. The zero-order valence-corrected chi connectivity index (χ0v) is 20.7. The number of rotatable bonds is 3. The Morgan fingerprint density at radius 1 is 0.457 bits per heavy atom. The molecule has 5 aromatic carbocycles. The molecule has 6 rings (SSSR count). The van der Waals surface area contributed by atoms with Crippen LogP contribution in [0.5, 0.6) is 0 Å². The highest BCUT2D eigenvalue weighted by atomic mass is 16.7. The van der Waals surface area contributed by atoms with E-state index in [1.807, 2.05) is 0 Å². The minimum atomic E-state index is -0.427. The first kappa shape index (κ1) is 22.1. The molecule has 1 aliphatic heterocycles. The van der Waals surface area contributed by atoms with Crippen molar-refractivity contribution in [2.75, 3.05) is 0 Å². The van der Waals surface area contributed by atoms with Gasteiger partial charge in [0.2, 0.25) is 0 Å². The molecule has 1 saturated heterocycles. The molecule has 0 aromatic heterocycles. The molecule has 0 unspecified atom stereocenters. The van der Waals surface area contributed by atoms with E-state index in [2.05, 4.69) is 131 Å². The molecule has 0 amide bonds. The van der Waals surface area contributed by atoms with Crippen molar-refractivity contribution in [3.05, 3.63) is 103 Å². The lowest BCUT2D eigenvalue weighted by Gasteiger charge is -2.32. The zero-order valence-electron chi connectivity index (χ0n) is 20.7. The third kappa shape index (κ3) is 3.58. The van der Waals surface area contributed by atoms with Crippen LogP contribution >= 0.6 is 0 Å². The van der Waals surface area contributed by atoms with E-state index in [0.717, 1.165) is 5.46 Å². The van der Waals surface area contributed by atoms with Crippen molar-refractivity contribution in [1.82, 2.24) is 0 Å². The van der Waals surface area contributed by atoms with Crippen LogP contribution in [0.4, 0.5) is 0 Å². The number of hydrogen-bond acceptors (Lipinski definition) is 2. The van der Waals surface area contributed by atoms with Gasteiger partial charge in [-0.25, -0.2) is 0 Å². The molecule has 2 nitrogen and oxygen atoms in total. The topological polar surface area (TPSA) is 18.5 Å². The van der Waals surface area contributed by atoms with E-state index in [1.54, 1.807) is 0 Å². The lowest BCUT2D eigenvalue weighted by molar-refractivity contribution is 0.00578. The van der Waals surface area contributed by atoms with Gasteiger partial charge in [-0.2, -0.15) is 0 Å². The van der Waals surface area contributed by atoms with Crippen molar-refractivity contribution in [2.45, 2.75) is 38.9 Å². The summed E-state index contributed by atoms with van der Waals surface area (Å²) in [5, 5.41) is 4.77. The summed E-state index contributed by atoms with van der Waals surface area (Å²) in [6, 6.07) is 36.7. The zero-order chi connectivity index (χ0) is 24.2. The quantitative estimate of drug-likeness (QED) is 0.205. The van der Waals surface area contributed by atoms with E-state index < -0.39 is 18.3 Å². The number of hydrogen-bond donors (Lipinski definition) is 0.